The number of ether oxygens (including phenoxy) is 1. The Morgan fingerprint density at radius 2 is 1.67 bits per heavy atom. The standard InChI is InChI=1S/C36H32Cl2N4O4S5/c1-3-47-36-39-21(2)16-29(41-36)51-20-50-27-18-49-34-30(40-28(43)19-48-26-17-24(37)14-15-25(26)38)33(44)42(34)31(27)35(45)46-32(22-10-6-4-7-11-22)23-12-8-5-9-13-23/h4-17,30,32,34H,3,18-20H2,1-2H3,(H,40,43)/t30-,34-/m1/s1. The minimum atomic E-state index is -0.792. The van der Waals surface area contributed by atoms with Crippen molar-refractivity contribution in [2.45, 2.75) is 46.4 Å². The number of thioether (sulfide) groups is 5. The highest BCUT2D eigenvalue weighted by atomic mass is 35.5. The minimum Gasteiger partial charge on any atom is -0.448 e. The molecule has 8 nitrogen and oxygen atoms in total. The second kappa shape index (κ2) is 17.8. The van der Waals surface area contributed by atoms with E-state index in [0.29, 0.717) is 25.8 Å². The number of benzene rings is 3. The van der Waals surface area contributed by atoms with Crippen molar-refractivity contribution >= 4 is 99.8 Å². The van der Waals surface area contributed by atoms with Gasteiger partial charge in [0, 0.05) is 31.4 Å². The first-order chi connectivity index (χ1) is 24.7. The van der Waals surface area contributed by atoms with Crippen LogP contribution in [0, 0.1) is 6.92 Å². The summed E-state index contributed by atoms with van der Waals surface area (Å²) in [6, 6.07) is 25.2. The molecule has 2 aliphatic heterocycles. The highest BCUT2D eigenvalue weighted by Crippen LogP contribution is 2.45. The minimum absolute atomic E-state index is 0.0428. The summed E-state index contributed by atoms with van der Waals surface area (Å²) in [7, 11) is 0. The number of carbonyl (C=O) groups excluding carboxylic acids is 3. The van der Waals surface area contributed by atoms with Crippen LogP contribution in [0.25, 0.3) is 0 Å². The molecule has 0 bridgehead atoms. The topological polar surface area (TPSA) is 101 Å². The van der Waals surface area contributed by atoms with Gasteiger partial charge < -0.3 is 10.1 Å². The molecule has 15 heteroatoms. The molecule has 0 radical (unpaired) electrons. The maximum Gasteiger partial charge on any atom is 0.356 e. The number of aromatic nitrogens is 2. The highest BCUT2D eigenvalue weighted by Gasteiger charge is 2.54. The Balaban J connectivity index is 1.22. The summed E-state index contributed by atoms with van der Waals surface area (Å²) in [5.41, 5.74) is 2.70. The number of aryl methyl sites for hydroxylation is 1. The van der Waals surface area contributed by atoms with E-state index in [9.17, 15) is 14.4 Å². The Kier molecular flexibility index (Phi) is 13.3. The largest absolute Gasteiger partial charge is 0.448 e. The third-order valence-electron chi connectivity index (χ3n) is 7.65. The lowest BCUT2D eigenvalue weighted by Crippen LogP contribution is -2.70. The number of hydrogen-bond acceptors (Lipinski definition) is 11. The number of rotatable bonds is 14. The first-order valence-electron chi connectivity index (χ1n) is 15.8. The van der Waals surface area contributed by atoms with Gasteiger partial charge in [0.2, 0.25) is 5.91 Å². The molecule has 1 N–H and O–H groups in total. The number of amides is 2. The molecule has 2 aliphatic rings. The Morgan fingerprint density at radius 1 is 0.961 bits per heavy atom. The zero-order valence-electron chi connectivity index (χ0n) is 27.4. The lowest BCUT2D eigenvalue weighted by molar-refractivity contribution is -0.154. The van der Waals surface area contributed by atoms with E-state index in [0.717, 1.165) is 37.7 Å². The molecular formula is C36H32Cl2N4O4S5. The maximum absolute atomic E-state index is 14.3. The third-order valence-corrected chi connectivity index (χ3v) is 13.7. The average Bonchev–Trinajstić information content (AvgIpc) is 3.13. The van der Waals surface area contributed by atoms with Crippen LogP contribution in [0.4, 0.5) is 0 Å². The van der Waals surface area contributed by atoms with Crippen molar-refractivity contribution in [1.82, 2.24) is 20.2 Å². The van der Waals surface area contributed by atoms with E-state index in [1.54, 1.807) is 41.7 Å². The van der Waals surface area contributed by atoms with Crippen LogP contribution in [-0.4, -0.2) is 66.4 Å². The fourth-order valence-electron chi connectivity index (χ4n) is 5.33. The molecule has 1 fully saturated rings. The number of carbonyl (C=O) groups is 3. The molecule has 0 spiro atoms. The van der Waals surface area contributed by atoms with Crippen molar-refractivity contribution in [3.63, 3.8) is 0 Å². The van der Waals surface area contributed by atoms with Gasteiger partial charge in [-0.1, -0.05) is 114 Å². The van der Waals surface area contributed by atoms with Crippen LogP contribution in [0.2, 0.25) is 10.0 Å². The fraction of sp³-hybridized carbons (Fsp3) is 0.250. The monoisotopic (exact) mass is 814 g/mol. The van der Waals surface area contributed by atoms with Crippen LogP contribution in [0.15, 0.2) is 111 Å². The molecule has 6 rings (SSSR count). The van der Waals surface area contributed by atoms with Gasteiger partial charge in [-0.3, -0.25) is 14.5 Å². The van der Waals surface area contributed by atoms with Crippen molar-refractivity contribution in [2.75, 3.05) is 22.3 Å². The zero-order chi connectivity index (χ0) is 35.9. The molecule has 0 saturated carbocycles. The van der Waals surface area contributed by atoms with Crippen molar-refractivity contribution in [1.29, 1.82) is 0 Å². The van der Waals surface area contributed by atoms with Crippen LogP contribution >= 0.6 is 82.0 Å². The smallest absolute Gasteiger partial charge is 0.356 e. The van der Waals surface area contributed by atoms with Gasteiger partial charge in [-0.2, -0.15) is 0 Å². The molecule has 1 aromatic heterocycles. The van der Waals surface area contributed by atoms with Crippen LogP contribution in [0.5, 0.6) is 0 Å². The summed E-state index contributed by atoms with van der Waals surface area (Å²) in [5.74, 6) is 0.0769. The summed E-state index contributed by atoms with van der Waals surface area (Å²) < 4.78 is 6.28. The third kappa shape index (κ3) is 9.42. The number of halogens is 2. The van der Waals surface area contributed by atoms with Gasteiger partial charge in [0.25, 0.3) is 5.91 Å². The number of β-lactam (4-membered cyclic amide) rings is 1. The molecule has 51 heavy (non-hydrogen) atoms. The van der Waals surface area contributed by atoms with E-state index in [4.69, 9.17) is 27.9 Å². The average molecular weight is 816 g/mol. The van der Waals surface area contributed by atoms with Crippen LogP contribution < -0.4 is 5.32 Å². The van der Waals surface area contributed by atoms with Gasteiger partial charge in [0.15, 0.2) is 11.3 Å². The normalized spacial score (nSPS) is 16.9. The van der Waals surface area contributed by atoms with Gasteiger partial charge in [-0.25, -0.2) is 14.8 Å². The van der Waals surface area contributed by atoms with Crippen LogP contribution in [-0.2, 0) is 19.1 Å². The molecule has 0 unspecified atom stereocenters. The van der Waals surface area contributed by atoms with Gasteiger partial charge in [-0.05, 0) is 48.1 Å². The Bertz CT molecular complexity index is 1900. The summed E-state index contributed by atoms with van der Waals surface area (Å²) >= 11 is 19.7. The first-order valence-corrected chi connectivity index (χ1v) is 21.6. The number of fused-ring (bicyclic) bond motifs is 1. The number of nitrogens with zero attached hydrogens (tertiary/aromatic N) is 3. The quantitative estimate of drug-likeness (QED) is 0.0331. The van der Waals surface area contributed by atoms with Gasteiger partial charge in [0.05, 0.1) is 10.8 Å². The molecule has 3 heterocycles. The van der Waals surface area contributed by atoms with E-state index < -0.39 is 23.5 Å². The molecular weight excluding hydrogens is 784 g/mol. The Morgan fingerprint density at radius 3 is 2.35 bits per heavy atom. The highest BCUT2D eigenvalue weighted by molar-refractivity contribution is 8.18. The molecule has 2 amide bonds. The van der Waals surface area contributed by atoms with Crippen LogP contribution in [0.1, 0.15) is 29.8 Å². The van der Waals surface area contributed by atoms with Crippen molar-refractivity contribution in [2.24, 2.45) is 0 Å². The Hall–Kier alpha value is -2.78. The van der Waals surface area contributed by atoms with E-state index in [-0.39, 0.29) is 23.3 Å². The van der Waals surface area contributed by atoms with Crippen molar-refractivity contribution < 1.29 is 19.1 Å². The van der Waals surface area contributed by atoms with E-state index in [2.05, 4.69) is 22.2 Å². The SMILES string of the molecule is CCSc1nc(C)cc(SCSC2=C(C(=O)OC(c3ccccc3)c3ccccc3)N3C(=O)[C@@H](NC(=O)CSc4cc(Cl)ccc4Cl)[C@H]3SC2)n1. The maximum atomic E-state index is 14.3. The second-order valence-corrected chi connectivity index (χ2v) is 17.8. The summed E-state index contributed by atoms with van der Waals surface area (Å²) in [5, 5.41) is 5.52. The molecule has 264 valence electrons. The lowest BCUT2D eigenvalue weighted by atomic mass is 10.0. The van der Waals surface area contributed by atoms with Crippen LogP contribution in [0.3, 0.4) is 0 Å². The second-order valence-electron chi connectivity index (χ2n) is 11.2. The summed E-state index contributed by atoms with van der Waals surface area (Å²) in [4.78, 5) is 53.2. The Labute approximate surface area is 328 Å². The molecule has 1 saturated heterocycles. The molecule has 0 aliphatic carbocycles. The molecule has 4 aromatic rings. The van der Waals surface area contributed by atoms with E-state index in [1.165, 1.54) is 40.2 Å². The molecule has 3 aromatic carbocycles. The fourth-order valence-corrected chi connectivity index (χ4v) is 11.1. The van der Waals surface area contributed by atoms with Gasteiger partial charge in [-0.15, -0.1) is 35.3 Å². The predicted molar refractivity (Wildman–Crippen MR) is 212 cm³/mol. The van der Waals surface area contributed by atoms with Crippen molar-refractivity contribution in [3.8, 4) is 0 Å². The lowest BCUT2D eigenvalue weighted by Gasteiger charge is -2.49. The zero-order valence-corrected chi connectivity index (χ0v) is 33.0. The summed E-state index contributed by atoms with van der Waals surface area (Å²) in [6.07, 6.45) is -0.693. The van der Waals surface area contributed by atoms with Crippen molar-refractivity contribution in [3.05, 3.63) is 122 Å². The van der Waals surface area contributed by atoms with E-state index >= 15 is 0 Å². The van der Waals surface area contributed by atoms with E-state index in [1.807, 2.05) is 73.7 Å². The van der Waals surface area contributed by atoms with Gasteiger partial charge in [0.1, 0.15) is 22.1 Å². The number of hydrogen-bond donors (Lipinski definition) is 1. The number of esters is 1. The first kappa shape index (κ1) is 38.0. The number of nitrogens with one attached hydrogen (secondary N) is 1. The van der Waals surface area contributed by atoms with Gasteiger partial charge >= 0.3 is 5.97 Å². The molecule has 2 atom stereocenters. The summed E-state index contributed by atoms with van der Waals surface area (Å²) in [6.45, 7) is 4.00. The predicted octanol–water partition coefficient (Wildman–Crippen LogP) is 8.72.